The monoisotopic (exact) mass is 187 g/mol. The van der Waals surface area contributed by atoms with Crippen LogP contribution in [0.2, 0.25) is 0 Å². The van der Waals surface area contributed by atoms with Crippen LogP contribution in [-0.2, 0) is 6.54 Å². The van der Waals surface area contributed by atoms with Gasteiger partial charge in [0.15, 0.2) is 0 Å². The third-order valence-electron chi connectivity index (χ3n) is 1.47. The Labute approximate surface area is 75.7 Å². The molecule has 1 atom stereocenters. The van der Waals surface area contributed by atoms with Crippen molar-refractivity contribution in [2.75, 3.05) is 13.2 Å². The summed E-state index contributed by atoms with van der Waals surface area (Å²) >= 11 is 1.68. The summed E-state index contributed by atoms with van der Waals surface area (Å²) in [7, 11) is 0. The van der Waals surface area contributed by atoms with Crippen molar-refractivity contribution < 1.29 is 10.2 Å². The van der Waals surface area contributed by atoms with Crippen LogP contribution in [0.4, 0.5) is 0 Å². The molecule has 0 amide bonds. The van der Waals surface area contributed by atoms with Crippen molar-refractivity contribution in [3.63, 3.8) is 0 Å². The molecule has 1 rings (SSSR count). The van der Waals surface area contributed by atoms with Gasteiger partial charge in [-0.2, -0.15) is 0 Å². The smallest absolute Gasteiger partial charge is 0.0895 e. The van der Waals surface area contributed by atoms with Crippen LogP contribution in [0.15, 0.2) is 17.5 Å². The Morgan fingerprint density at radius 1 is 1.58 bits per heavy atom. The molecule has 12 heavy (non-hydrogen) atoms. The summed E-state index contributed by atoms with van der Waals surface area (Å²) < 4.78 is 0. The van der Waals surface area contributed by atoms with E-state index in [1.54, 1.807) is 11.3 Å². The highest BCUT2D eigenvalue weighted by molar-refractivity contribution is 7.09. The average Bonchev–Trinajstić information content (AvgIpc) is 2.57. The lowest BCUT2D eigenvalue weighted by Gasteiger charge is -2.07. The van der Waals surface area contributed by atoms with Gasteiger partial charge >= 0.3 is 0 Å². The largest absolute Gasteiger partial charge is 0.394 e. The van der Waals surface area contributed by atoms with Gasteiger partial charge < -0.3 is 15.5 Å². The maximum atomic E-state index is 8.98. The number of aliphatic hydroxyl groups excluding tert-OH is 2. The molecular formula is C8H13NO2S. The summed E-state index contributed by atoms with van der Waals surface area (Å²) in [5.74, 6) is 0. The standard InChI is InChI=1S/C8H13NO2S/c10-6-7(11)4-9-5-8-2-1-3-12-8/h1-3,7,9-11H,4-6H2/t7-/m1/s1. The lowest BCUT2D eigenvalue weighted by molar-refractivity contribution is 0.0943. The lowest BCUT2D eigenvalue weighted by atomic mass is 10.3. The van der Waals surface area contributed by atoms with Crippen LogP contribution in [0.3, 0.4) is 0 Å². The van der Waals surface area contributed by atoms with Gasteiger partial charge in [-0.3, -0.25) is 0 Å². The molecule has 0 aliphatic carbocycles. The van der Waals surface area contributed by atoms with Gasteiger partial charge in [0.1, 0.15) is 0 Å². The maximum Gasteiger partial charge on any atom is 0.0895 e. The van der Waals surface area contributed by atoms with Gasteiger partial charge in [-0.1, -0.05) is 6.07 Å². The molecule has 1 aromatic rings. The van der Waals surface area contributed by atoms with E-state index in [0.29, 0.717) is 6.54 Å². The molecule has 0 aromatic carbocycles. The van der Waals surface area contributed by atoms with E-state index in [0.717, 1.165) is 6.54 Å². The molecule has 4 heteroatoms. The molecule has 0 aliphatic heterocycles. The summed E-state index contributed by atoms with van der Waals surface area (Å²) in [5, 5.41) is 22.5. The molecule has 0 radical (unpaired) electrons. The molecule has 0 spiro atoms. The fourth-order valence-corrected chi connectivity index (χ4v) is 1.51. The molecule has 0 bridgehead atoms. The number of nitrogens with one attached hydrogen (secondary N) is 1. The minimum Gasteiger partial charge on any atom is -0.394 e. The van der Waals surface area contributed by atoms with Crippen molar-refractivity contribution in [2.24, 2.45) is 0 Å². The summed E-state index contributed by atoms with van der Waals surface area (Å²) in [5.41, 5.74) is 0. The first-order valence-corrected chi connectivity index (χ1v) is 4.73. The van der Waals surface area contributed by atoms with Crippen LogP contribution in [0.1, 0.15) is 4.88 Å². The van der Waals surface area contributed by atoms with Crippen LogP contribution in [-0.4, -0.2) is 29.5 Å². The molecular weight excluding hydrogens is 174 g/mol. The molecule has 0 unspecified atom stereocenters. The Morgan fingerprint density at radius 2 is 2.42 bits per heavy atom. The van der Waals surface area contributed by atoms with Crippen LogP contribution in [0.25, 0.3) is 0 Å². The highest BCUT2D eigenvalue weighted by atomic mass is 32.1. The maximum absolute atomic E-state index is 8.98. The van der Waals surface area contributed by atoms with Gasteiger partial charge in [0, 0.05) is 18.0 Å². The number of hydrogen-bond acceptors (Lipinski definition) is 4. The van der Waals surface area contributed by atoms with E-state index >= 15 is 0 Å². The van der Waals surface area contributed by atoms with Gasteiger partial charge in [0.2, 0.25) is 0 Å². The second kappa shape index (κ2) is 5.27. The second-order valence-corrected chi connectivity index (χ2v) is 3.58. The molecule has 68 valence electrons. The van der Waals surface area contributed by atoms with Gasteiger partial charge in [-0.15, -0.1) is 11.3 Å². The fourth-order valence-electron chi connectivity index (χ4n) is 0.840. The lowest BCUT2D eigenvalue weighted by Crippen LogP contribution is -2.28. The summed E-state index contributed by atoms with van der Waals surface area (Å²) in [4.78, 5) is 1.24. The van der Waals surface area contributed by atoms with Gasteiger partial charge in [0.25, 0.3) is 0 Å². The van der Waals surface area contributed by atoms with E-state index in [4.69, 9.17) is 10.2 Å². The van der Waals surface area contributed by atoms with E-state index in [1.807, 2.05) is 17.5 Å². The van der Waals surface area contributed by atoms with Crippen molar-refractivity contribution in [1.82, 2.24) is 5.32 Å². The normalized spacial score (nSPS) is 13.2. The summed E-state index contributed by atoms with van der Waals surface area (Å²) in [6.45, 7) is 1.01. The van der Waals surface area contributed by atoms with Crippen molar-refractivity contribution in [2.45, 2.75) is 12.6 Å². The van der Waals surface area contributed by atoms with E-state index in [-0.39, 0.29) is 6.61 Å². The SMILES string of the molecule is OC[C@H](O)CNCc1cccs1. The summed E-state index contributed by atoms with van der Waals surface area (Å²) in [6.07, 6.45) is -0.648. The third-order valence-corrected chi connectivity index (χ3v) is 2.35. The van der Waals surface area contributed by atoms with Gasteiger partial charge in [-0.05, 0) is 11.4 Å². The van der Waals surface area contributed by atoms with Gasteiger partial charge in [-0.25, -0.2) is 0 Å². The molecule has 3 nitrogen and oxygen atoms in total. The highest BCUT2D eigenvalue weighted by Gasteiger charge is 2.00. The van der Waals surface area contributed by atoms with Crippen LogP contribution in [0, 0.1) is 0 Å². The Hall–Kier alpha value is -0.420. The first kappa shape index (κ1) is 9.67. The Kier molecular flexibility index (Phi) is 4.24. The van der Waals surface area contributed by atoms with E-state index in [9.17, 15) is 0 Å². The highest BCUT2D eigenvalue weighted by Crippen LogP contribution is 2.06. The fraction of sp³-hybridized carbons (Fsp3) is 0.500. The van der Waals surface area contributed by atoms with E-state index < -0.39 is 6.10 Å². The number of rotatable bonds is 5. The first-order valence-electron chi connectivity index (χ1n) is 3.85. The van der Waals surface area contributed by atoms with Crippen LogP contribution >= 0.6 is 11.3 Å². The first-order chi connectivity index (χ1) is 5.83. The Balaban J connectivity index is 2.11. The molecule has 1 aromatic heterocycles. The van der Waals surface area contributed by atoms with Crippen molar-refractivity contribution in [3.8, 4) is 0 Å². The number of hydrogen-bond donors (Lipinski definition) is 3. The topological polar surface area (TPSA) is 52.5 Å². The molecule has 0 saturated heterocycles. The van der Waals surface area contributed by atoms with Crippen molar-refractivity contribution in [1.29, 1.82) is 0 Å². The number of aliphatic hydroxyl groups is 2. The predicted molar refractivity (Wildman–Crippen MR) is 49.1 cm³/mol. The Morgan fingerprint density at radius 3 is 3.00 bits per heavy atom. The number of thiophene rings is 1. The molecule has 0 fully saturated rings. The van der Waals surface area contributed by atoms with E-state index in [1.165, 1.54) is 4.88 Å². The summed E-state index contributed by atoms with van der Waals surface area (Å²) in [6, 6.07) is 4.02. The molecule has 0 aliphatic rings. The average molecular weight is 187 g/mol. The van der Waals surface area contributed by atoms with E-state index in [2.05, 4.69) is 5.32 Å². The quantitative estimate of drug-likeness (QED) is 0.617. The van der Waals surface area contributed by atoms with Crippen LogP contribution in [0.5, 0.6) is 0 Å². The zero-order valence-electron chi connectivity index (χ0n) is 6.73. The van der Waals surface area contributed by atoms with Crippen molar-refractivity contribution >= 4 is 11.3 Å². The zero-order valence-corrected chi connectivity index (χ0v) is 7.55. The van der Waals surface area contributed by atoms with Crippen molar-refractivity contribution in [3.05, 3.63) is 22.4 Å². The predicted octanol–water partition coefficient (Wildman–Crippen LogP) is 0.191. The third kappa shape index (κ3) is 3.32. The molecule has 3 N–H and O–H groups in total. The minimum atomic E-state index is -0.648. The second-order valence-electron chi connectivity index (χ2n) is 2.55. The minimum absolute atomic E-state index is 0.183. The Bertz CT molecular complexity index is 201. The molecule has 0 saturated carbocycles. The molecule has 1 heterocycles. The zero-order chi connectivity index (χ0) is 8.81. The van der Waals surface area contributed by atoms with Crippen LogP contribution < -0.4 is 5.32 Å². The van der Waals surface area contributed by atoms with Gasteiger partial charge in [0.05, 0.1) is 12.7 Å².